The Labute approximate surface area is 122 Å². The molecule has 1 heterocycles. The van der Waals surface area contributed by atoms with E-state index in [1.165, 1.54) is 17.3 Å². The molecule has 0 saturated carbocycles. The lowest BCUT2D eigenvalue weighted by atomic mass is 10.1. The number of benzene rings is 1. The Bertz CT molecular complexity index is 578. The van der Waals surface area contributed by atoms with Crippen molar-refractivity contribution in [1.29, 1.82) is 0 Å². The van der Waals surface area contributed by atoms with Crippen molar-refractivity contribution in [2.24, 2.45) is 0 Å². The topological polar surface area (TPSA) is 33.1 Å². The van der Waals surface area contributed by atoms with Gasteiger partial charge in [0.2, 0.25) is 0 Å². The van der Waals surface area contributed by atoms with Crippen LogP contribution in [0.3, 0.4) is 0 Å². The molecule has 0 aliphatic heterocycles. The fraction of sp³-hybridized carbons (Fsp3) is 0.267. The zero-order valence-electron chi connectivity index (χ0n) is 11.1. The molecule has 0 unspecified atom stereocenters. The maximum Gasteiger partial charge on any atom is 0.101 e. The third-order valence-corrected chi connectivity index (χ3v) is 4.15. The molecule has 2 nitrogen and oxygen atoms in total. The van der Waals surface area contributed by atoms with Crippen molar-refractivity contribution in [1.82, 2.24) is 4.98 Å². The molecule has 2 aromatic rings. The second-order valence-corrected chi connectivity index (χ2v) is 6.06. The average molecular weight is 294 g/mol. The lowest BCUT2D eigenvalue weighted by Crippen LogP contribution is -1.91. The predicted octanol–water partition coefficient (Wildman–Crippen LogP) is 4.56. The van der Waals surface area contributed by atoms with Gasteiger partial charge in [0.15, 0.2) is 0 Å². The maximum atomic E-state index is 9.52. The van der Waals surface area contributed by atoms with E-state index in [4.69, 9.17) is 11.6 Å². The van der Waals surface area contributed by atoms with Gasteiger partial charge in [0, 0.05) is 10.6 Å². The van der Waals surface area contributed by atoms with Crippen LogP contribution in [-0.2, 0) is 0 Å². The summed E-state index contributed by atoms with van der Waals surface area (Å²) in [6.07, 6.45) is -0.504. The molecule has 1 aromatic carbocycles. The van der Waals surface area contributed by atoms with E-state index in [1.807, 2.05) is 31.2 Å². The highest BCUT2D eigenvalue weighted by Crippen LogP contribution is 2.34. The van der Waals surface area contributed by atoms with Crippen LogP contribution in [0.2, 0.25) is 5.02 Å². The van der Waals surface area contributed by atoms with Crippen molar-refractivity contribution >= 4 is 23.4 Å². The molecule has 0 saturated heterocycles. The number of aliphatic hydroxyl groups is 1. The Hall–Kier alpha value is -1.03. The van der Waals surface area contributed by atoms with Crippen LogP contribution in [0.15, 0.2) is 40.3 Å². The molecule has 0 amide bonds. The molecular formula is C15H16ClNOS. The van der Waals surface area contributed by atoms with Crippen LogP contribution >= 0.6 is 23.4 Å². The van der Waals surface area contributed by atoms with Gasteiger partial charge >= 0.3 is 0 Å². The first-order chi connectivity index (χ1) is 8.95. The molecule has 4 heteroatoms. The summed E-state index contributed by atoms with van der Waals surface area (Å²) in [7, 11) is 0. The summed E-state index contributed by atoms with van der Waals surface area (Å²) in [5.41, 5.74) is 3.01. The maximum absolute atomic E-state index is 9.52. The standard InChI is InChI=1S/C15H16ClNOS/c1-9-6-10(2)17-15(7-9)19-14-5-4-12(11(3)18)8-13(14)16/h4-8,11,18H,1-3H3/t11-/m0/s1. The normalized spacial score (nSPS) is 12.5. The zero-order valence-corrected chi connectivity index (χ0v) is 12.7. The van der Waals surface area contributed by atoms with E-state index in [-0.39, 0.29) is 0 Å². The number of halogens is 1. The molecule has 0 aliphatic rings. The van der Waals surface area contributed by atoms with Crippen LogP contribution in [0.1, 0.15) is 29.8 Å². The summed E-state index contributed by atoms with van der Waals surface area (Å²) in [5, 5.41) is 11.1. The van der Waals surface area contributed by atoms with Crippen molar-refractivity contribution in [3.8, 4) is 0 Å². The highest BCUT2D eigenvalue weighted by Gasteiger charge is 2.08. The number of hydrogen-bond donors (Lipinski definition) is 1. The SMILES string of the molecule is Cc1cc(C)nc(Sc2ccc([C@H](C)O)cc2Cl)c1. The smallest absolute Gasteiger partial charge is 0.101 e. The quantitative estimate of drug-likeness (QED) is 0.901. The second kappa shape index (κ2) is 5.95. The Morgan fingerprint density at radius 2 is 1.95 bits per heavy atom. The van der Waals surface area contributed by atoms with Gasteiger partial charge in [-0.25, -0.2) is 4.98 Å². The summed E-state index contributed by atoms with van der Waals surface area (Å²) in [4.78, 5) is 5.43. The van der Waals surface area contributed by atoms with Gasteiger partial charge in [-0.3, -0.25) is 0 Å². The van der Waals surface area contributed by atoms with E-state index < -0.39 is 6.10 Å². The van der Waals surface area contributed by atoms with Gasteiger partial charge in [-0.2, -0.15) is 0 Å². The van der Waals surface area contributed by atoms with Crippen LogP contribution < -0.4 is 0 Å². The molecule has 0 spiro atoms. The first kappa shape index (κ1) is 14.4. The summed E-state index contributed by atoms with van der Waals surface area (Å²) >= 11 is 7.78. The first-order valence-electron chi connectivity index (χ1n) is 6.06. The monoisotopic (exact) mass is 293 g/mol. The van der Waals surface area contributed by atoms with Crippen LogP contribution in [0, 0.1) is 13.8 Å². The number of aliphatic hydroxyl groups excluding tert-OH is 1. The van der Waals surface area contributed by atoms with E-state index in [9.17, 15) is 5.11 Å². The first-order valence-corrected chi connectivity index (χ1v) is 7.26. The van der Waals surface area contributed by atoms with Gasteiger partial charge in [-0.1, -0.05) is 29.4 Å². The van der Waals surface area contributed by atoms with E-state index in [0.29, 0.717) is 5.02 Å². The average Bonchev–Trinajstić information content (AvgIpc) is 2.30. The fourth-order valence-corrected chi connectivity index (χ4v) is 3.09. The summed E-state index contributed by atoms with van der Waals surface area (Å²) < 4.78 is 0. The molecule has 2 rings (SSSR count). The minimum absolute atomic E-state index is 0.504. The fourth-order valence-electron chi connectivity index (χ4n) is 1.83. The lowest BCUT2D eigenvalue weighted by Gasteiger charge is -2.09. The van der Waals surface area contributed by atoms with Gasteiger partial charge in [0.25, 0.3) is 0 Å². The van der Waals surface area contributed by atoms with Crippen LogP contribution in [0.4, 0.5) is 0 Å². The summed E-state index contributed by atoms with van der Waals surface area (Å²) in [6.45, 7) is 5.76. The van der Waals surface area contributed by atoms with Crippen molar-refractivity contribution in [3.05, 3.63) is 52.2 Å². The van der Waals surface area contributed by atoms with Gasteiger partial charge < -0.3 is 5.11 Å². The molecule has 1 N–H and O–H groups in total. The van der Waals surface area contributed by atoms with E-state index in [2.05, 4.69) is 11.9 Å². The van der Waals surface area contributed by atoms with Crippen molar-refractivity contribution in [3.63, 3.8) is 0 Å². The number of hydrogen-bond acceptors (Lipinski definition) is 3. The highest BCUT2D eigenvalue weighted by atomic mass is 35.5. The zero-order chi connectivity index (χ0) is 14.0. The van der Waals surface area contributed by atoms with Crippen LogP contribution in [-0.4, -0.2) is 10.1 Å². The number of nitrogens with zero attached hydrogens (tertiary/aromatic N) is 1. The van der Waals surface area contributed by atoms with Crippen molar-refractivity contribution in [2.45, 2.75) is 36.8 Å². The summed E-state index contributed by atoms with van der Waals surface area (Å²) in [6, 6.07) is 9.70. The molecule has 0 bridgehead atoms. The van der Waals surface area contributed by atoms with Crippen LogP contribution in [0.25, 0.3) is 0 Å². The largest absolute Gasteiger partial charge is 0.389 e. The van der Waals surface area contributed by atoms with Gasteiger partial charge in [0.1, 0.15) is 5.03 Å². The molecule has 100 valence electrons. The molecular weight excluding hydrogens is 278 g/mol. The number of aromatic nitrogens is 1. The minimum Gasteiger partial charge on any atom is -0.389 e. The van der Waals surface area contributed by atoms with E-state index in [0.717, 1.165) is 21.2 Å². The molecule has 1 aromatic heterocycles. The van der Waals surface area contributed by atoms with Crippen molar-refractivity contribution < 1.29 is 5.11 Å². The summed E-state index contributed by atoms with van der Waals surface area (Å²) in [5.74, 6) is 0. The third kappa shape index (κ3) is 3.72. The molecule has 0 radical (unpaired) electrons. The Morgan fingerprint density at radius 3 is 2.53 bits per heavy atom. The number of aryl methyl sites for hydroxylation is 2. The predicted molar refractivity (Wildman–Crippen MR) is 79.9 cm³/mol. The minimum atomic E-state index is -0.504. The van der Waals surface area contributed by atoms with E-state index >= 15 is 0 Å². The third-order valence-electron chi connectivity index (χ3n) is 2.73. The Morgan fingerprint density at radius 1 is 1.21 bits per heavy atom. The van der Waals surface area contributed by atoms with Gasteiger partial charge in [-0.05, 0) is 56.2 Å². The van der Waals surface area contributed by atoms with Crippen molar-refractivity contribution in [2.75, 3.05) is 0 Å². The molecule has 0 fully saturated rings. The van der Waals surface area contributed by atoms with Crippen LogP contribution in [0.5, 0.6) is 0 Å². The number of pyridine rings is 1. The molecule has 0 aliphatic carbocycles. The molecule has 19 heavy (non-hydrogen) atoms. The Kier molecular flexibility index (Phi) is 4.50. The second-order valence-electron chi connectivity index (χ2n) is 4.59. The highest BCUT2D eigenvalue weighted by molar-refractivity contribution is 7.99. The number of rotatable bonds is 3. The lowest BCUT2D eigenvalue weighted by molar-refractivity contribution is 0.199. The van der Waals surface area contributed by atoms with E-state index in [1.54, 1.807) is 13.0 Å². The van der Waals surface area contributed by atoms with Gasteiger partial charge in [-0.15, -0.1) is 0 Å². The van der Waals surface area contributed by atoms with Gasteiger partial charge in [0.05, 0.1) is 11.1 Å². The molecule has 1 atom stereocenters. The Balaban J connectivity index is 2.28.